The summed E-state index contributed by atoms with van der Waals surface area (Å²) in [4.78, 5) is 14.6. The van der Waals surface area contributed by atoms with E-state index in [9.17, 15) is 15.0 Å². The van der Waals surface area contributed by atoms with Crippen molar-refractivity contribution < 1.29 is 19.7 Å². The molecule has 0 radical (unpaired) electrons. The van der Waals surface area contributed by atoms with Crippen LogP contribution in [0.1, 0.15) is 50.5 Å². The molecule has 1 aromatic carbocycles. The van der Waals surface area contributed by atoms with Gasteiger partial charge in [0.25, 0.3) is 0 Å². The molecular formula is C23H36N2O4. The first-order chi connectivity index (χ1) is 14.0. The van der Waals surface area contributed by atoms with Crippen LogP contribution >= 0.6 is 0 Å². The SMILES string of the molecule is COCCC(=O)NC[C@@]1(c2ccccc2)CC[C@H](O)[C@@H](N2CCC(O)CC2)CC1. The number of hydrogen-bond acceptors (Lipinski definition) is 5. The Labute approximate surface area is 174 Å². The number of ether oxygens (including phenoxy) is 1. The van der Waals surface area contributed by atoms with Gasteiger partial charge in [0.1, 0.15) is 0 Å². The van der Waals surface area contributed by atoms with Crippen molar-refractivity contribution in [2.45, 2.75) is 68.6 Å². The third kappa shape index (κ3) is 5.79. The van der Waals surface area contributed by atoms with E-state index in [-0.39, 0.29) is 29.6 Å². The summed E-state index contributed by atoms with van der Waals surface area (Å²) in [6.07, 6.45) is 4.71. The number of benzene rings is 1. The lowest BCUT2D eigenvalue weighted by atomic mass is 9.74. The smallest absolute Gasteiger partial charge is 0.222 e. The summed E-state index contributed by atoms with van der Waals surface area (Å²) >= 11 is 0. The van der Waals surface area contributed by atoms with Gasteiger partial charge in [-0.1, -0.05) is 30.3 Å². The summed E-state index contributed by atoms with van der Waals surface area (Å²) < 4.78 is 5.02. The van der Waals surface area contributed by atoms with E-state index in [0.29, 0.717) is 26.0 Å². The van der Waals surface area contributed by atoms with Gasteiger partial charge in [-0.15, -0.1) is 0 Å². The van der Waals surface area contributed by atoms with Crippen LogP contribution < -0.4 is 5.32 Å². The Bertz CT molecular complexity index is 633. The molecule has 0 aromatic heterocycles. The highest BCUT2D eigenvalue weighted by molar-refractivity contribution is 5.76. The van der Waals surface area contributed by atoms with E-state index in [1.165, 1.54) is 5.56 Å². The van der Waals surface area contributed by atoms with E-state index in [1.54, 1.807) is 7.11 Å². The molecule has 2 aliphatic rings. The van der Waals surface area contributed by atoms with Crippen LogP contribution in [0.3, 0.4) is 0 Å². The maximum Gasteiger partial charge on any atom is 0.222 e. The van der Waals surface area contributed by atoms with E-state index < -0.39 is 0 Å². The molecule has 6 nitrogen and oxygen atoms in total. The number of nitrogens with zero attached hydrogens (tertiary/aromatic N) is 1. The summed E-state index contributed by atoms with van der Waals surface area (Å²) in [6.45, 7) is 2.69. The molecule has 1 amide bonds. The average molecular weight is 405 g/mol. The second-order valence-electron chi connectivity index (χ2n) is 8.65. The number of piperidine rings is 1. The molecule has 0 unspecified atom stereocenters. The highest BCUT2D eigenvalue weighted by Gasteiger charge is 2.40. The van der Waals surface area contributed by atoms with Gasteiger partial charge in [-0.25, -0.2) is 0 Å². The van der Waals surface area contributed by atoms with Crippen LogP contribution in [0.25, 0.3) is 0 Å². The van der Waals surface area contributed by atoms with Gasteiger partial charge in [0, 0.05) is 44.6 Å². The van der Waals surface area contributed by atoms with Crippen LogP contribution in [0.5, 0.6) is 0 Å². The molecule has 6 heteroatoms. The lowest BCUT2D eigenvalue weighted by Gasteiger charge is -2.38. The number of nitrogens with one attached hydrogen (secondary N) is 1. The summed E-state index contributed by atoms with van der Waals surface area (Å²) in [5.41, 5.74) is 1.06. The summed E-state index contributed by atoms with van der Waals surface area (Å²) in [6, 6.07) is 10.5. The first kappa shape index (κ1) is 22.2. The van der Waals surface area contributed by atoms with Crippen LogP contribution in [-0.2, 0) is 14.9 Å². The Balaban J connectivity index is 1.73. The quantitative estimate of drug-likeness (QED) is 0.604. The zero-order valence-electron chi connectivity index (χ0n) is 17.6. The maximum atomic E-state index is 12.2. The fourth-order valence-electron chi connectivity index (χ4n) is 4.91. The summed E-state index contributed by atoms with van der Waals surface area (Å²) in [7, 11) is 1.60. The second-order valence-corrected chi connectivity index (χ2v) is 8.65. The molecule has 1 aliphatic heterocycles. The number of carbonyl (C=O) groups excluding carboxylic acids is 1. The standard InChI is InChI=1S/C23H36N2O4/c1-29-16-11-22(28)24-17-23(18-5-3-2-4-6-18)12-7-20(21(27)8-13-23)25-14-9-19(26)10-15-25/h2-6,19-21,26-27H,7-17H2,1H3,(H,24,28)/t20-,21-,23-/m0/s1. The van der Waals surface area contributed by atoms with Crippen molar-refractivity contribution in [3.05, 3.63) is 35.9 Å². The highest BCUT2D eigenvalue weighted by Crippen LogP contribution is 2.39. The van der Waals surface area contributed by atoms with Crippen LogP contribution in [0.4, 0.5) is 0 Å². The molecular weight excluding hydrogens is 368 g/mol. The molecule has 1 heterocycles. The lowest BCUT2D eigenvalue weighted by molar-refractivity contribution is -0.122. The molecule has 29 heavy (non-hydrogen) atoms. The predicted molar refractivity (Wildman–Crippen MR) is 113 cm³/mol. The van der Waals surface area contributed by atoms with Gasteiger partial charge in [-0.05, 0) is 44.1 Å². The Kier molecular flexibility index (Phi) is 8.07. The van der Waals surface area contributed by atoms with Crippen LogP contribution in [0, 0.1) is 0 Å². The Morgan fingerprint density at radius 1 is 1.14 bits per heavy atom. The largest absolute Gasteiger partial charge is 0.393 e. The van der Waals surface area contributed by atoms with Gasteiger partial charge in [-0.2, -0.15) is 0 Å². The number of hydrogen-bond donors (Lipinski definition) is 3. The molecule has 0 bridgehead atoms. The molecule has 1 saturated carbocycles. The van der Waals surface area contributed by atoms with Gasteiger partial charge in [0.15, 0.2) is 0 Å². The van der Waals surface area contributed by atoms with Gasteiger partial charge in [0.05, 0.1) is 18.8 Å². The fraction of sp³-hybridized carbons (Fsp3) is 0.696. The number of carbonyl (C=O) groups is 1. The Morgan fingerprint density at radius 3 is 2.52 bits per heavy atom. The molecule has 162 valence electrons. The van der Waals surface area contributed by atoms with E-state index in [0.717, 1.165) is 45.2 Å². The average Bonchev–Trinajstić information content (AvgIpc) is 2.92. The maximum absolute atomic E-state index is 12.2. The number of methoxy groups -OCH3 is 1. The highest BCUT2D eigenvalue weighted by atomic mass is 16.5. The van der Waals surface area contributed by atoms with Crippen molar-refractivity contribution in [2.24, 2.45) is 0 Å². The number of rotatable bonds is 7. The molecule has 3 N–H and O–H groups in total. The minimum absolute atomic E-state index is 0.00789. The molecule has 3 atom stereocenters. The summed E-state index contributed by atoms with van der Waals surface area (Å²) in [5.74, 6) is 0.00789. The third-order valence-electron chi connectivity index (χ3n) is 6.79. The van der Waals surface area contributed by atoms with Crippen molar-refractivity contribution in [3.63, 3.8) is 0 Å². The molecule has 1 saturated heterocycles. The van der Waals surface area contributed by atoms with E-state index >= 15 is 0 Å². The van der Waals surface area contributed by atoms with Crippen molar-refractivity contribution in [2.75, 3.05) is 33.4 Å². The normalized spacial score (nSPS) is 29.3. The van der Waals surface area contributed by atoms with E-state index in [4.69, 9.17) is 4.74 Å². The third-order valence-corrected chi connectivity index (χ3v) is 6.79. The van der Waals surface area contributed by atoms with Gasteiger partial charge in [-0.3, -0.25) is 9.69 Å². The number of aliphatic hydroxyl groups is 2. The zero-order chi connectivity index (χ0) is 20.7. The zero-order valence-corrected chi connectivity index (χ0v) is 17.6. The van der Waals surface area contributed by atoms with Crippen LogP contribution in [0.2, 0.25) is 0 Å². The van der Waals surface area contributed by atoms with Crippen molar-refractivity contribution in [1.29, 1.82) is 0 Å². The topological polar surface area (TPSA) is 82.0 Å². The van der Waals surface area contributed by atoms with Gasteiger partial charge in [0.2, 0.25) is 5.91 Å². The predicted octanol–water partition coefficient (Wildman–Crippen LogP) is 1.84. The minimum atomic E-state index is -0.375. The van der Waals surface area contributed by atoms with Gasteiger partial charge >= 0.3 is 0 Å². The monoisotopic (exact) mass is 404 g/mol. The molecule has 3 rings (SSSR count). The molecule has 2 fully saturated rings. The van der Waals surface area contributed by atoms with Crippen molar-refractivity contribution in [3.8, 4) is 0 Å². The number of likely N-dealkylation sites (tertiary alicyclic amines) is 1. The minimum Gasteiger partial charge on any atom is -0.393 e. The fourth-order valence-corrected chi connectivity index (χ4v) is 4.91. The Hall–Kier alpha value is -1.47. The molecule has 0 spiro atoms. The summed E-state index contributed by atoms with van der Waals surface area (Å²) in [5, 5.41) is 23.9. The van der Waals surface area contributed by atoms with Crippen LogP contribution in [0.15, 0.2) is 30.3 Å². The van der Waals surface area contributed by atoms with E-state index in [1.807, 2.05) is 6.07 Å². The Morgan fingerprint density at radius 2 is 1.83 bits per heavy atom. The van der Waals surface area contributed by atoms with E-state index in [2.05, 4.69) is 34.5 Å². The first-order valence-electron chi connectivity index (χ1n) is 11.0. The first-order valence-corrected chi connectivity index (χ1v) is 11.0. The number of aliphatic hydroxyl groups excluding tert-OH is 2. The lowest BCUT2D eigenvalue weighted by Crippen LogP contribution is -2.48. The van der Waals surface area contributed by atoms with Crippen LogP contribution in [-0.4, -0.2) is 72.6 Å². The molecule has 1 aliphatic carbocycles. The molecule has 1 aromatic rings. The van der Waals surface area contributed by atoms with Crippen molar-refractivity contribution >= 4 is 5.91 Å². The second kappa shape index (κ2) is 10.5. The van der Waals surface area contributed by atoms with Gasteiger partial charge < -0.3 is 20.3 Å². The number of amides is 1. The van der Waals surface area contributed by atoms with Crippen molar-refractivity contribution in [1.82, 2.24) is 10.2 Å².